The summed E-state index contributed by atoms with van der Waals surface area (Å²) in [6.45, 7) is 2.82. The Morgan fingerprint density at radius 3 is 2.73 bits per heavy atom. The zero-order valence-electron chi connectivity index (χ0n) is 8.51. The SMILES string of the molecule is CCNc1nccc(-c2ccccn2)n1. The van der Waals surface area contributed by atoms with Gasteiger partial charge in [-0.05, 0) is 25.1 Å². The molecule has 0 aliphatic carbocycles. The maximum absolute atomic E-state index is 4.35. The van der Waals surface area contributed by atoms with Crippen molar-refractivity contribution in [2.45, 2.75) is 6.92 Å². The third kappa shape index (κ3) is 2.28. The summed E-state index contributed by atoms with van der Waals surface area (Å²) in [5.41, 5.74) is 1.70. The van der Waals surface area contributed by atoms with Crippen LogP contribution in [0.1, 0.15) is 6.92 Å². The molecule has 0 fully saturated rings. The summed E-state index contributed by atoms with van der Waals surface area (Å²) in [6.07, 6.45) is 3.49. The Hall–Kier alpha value is -1.97. The van der Waals surface area contributed by atoms with Crippen LogP contribution in [0.5, 0.6) is 0 Å². The van der Waals surface area contributed by atoms with Crippen LogP contribution in [0.4, 0.5) is 5.95 Å². The first-order valence-electron chi connectivity index (χ1n) is 4.88. The molecule has 0 bridgehead atoms. The molecule has 0 aromatic carbocycles. The lowest BCUT2D eigenvalue weighted by Gasteiger charge is -2.03. The predicted octanol–water partition coefficient (Wildman–Crippen LogP) is 1.97. The highest BCUT2D eigenvalue weighted by Gasteiger charge is 2.01. The summed E-state index contributed by atoms with van der Waals surface area (Å²) < 4.78 is 0. The lowest BCUT2D eigenvalue weighted by atomic mass is 10.3. The van der Waals surface area contributed by atoms with Crippen molar-refractivity contribution in [3.63, 3.8) is 0 Å². The average Bonchev–Trinajstić information content (AvgIpc) is 2.31. The maximum atomic E-state index is 4.35. The Morgan fingerprint density at radius 2 is 2.00 bits per heavy atom. The van der Waals surface area contributed by atoms with E-state index in [1.165, 1.54) is 0 Å². The van der Waals surface area contributed by atoms with Crippen molar-refractivity contribution in [2.24, 2.45) is 0 Å². The Morgan fingerprint density at radius 1 is 1.07 bits per heavy atom. The van der Waals surface area contributed by atoms with Crippen LogP contribution in [0.3, 0.4) is 0 Å². The molecule has 0 aliphatic heterocycles. The lowest BCUT2D eigenvalue weighted by molar-refractivity contribution is 1.08. The highest BCUT2D eigenvalue weighted by Crippen LogP contribution is 2.13. The molecule has 2 aromatic rings. The number of hydrogen-bond acceptors (Lipinski definition) is 4. The first-order chi connectivity index (χ1) is 7.40. The summed E-state index contributed by atoms with van der Waals surface area (Å²) in [7, 11) is 0. The lowest BCUT2D eigenvalue weighted by Crippen LogP contribution is -2.02. The van der Waals surface area contributed by atoms with E-state index in [9.17, 15) is 0 Å². The van der Waals surface area contributed by atoms with E-state index < -0.39 is 0 Å². The predicted molar refractivity (Wildman–Crippen MR) is 59.4 cm³/mol. The molecular weight excluding hydrogens is 188 g/mol. The van der Waals surface area contributed by atoms with Gasteiger partial charge in [0.2, 0.25) is 5.95 Å². The molecule has 0 unspecified atom stereocenters. The van der Waals surface area contributed by atoms with Gasteiger partial charge in [0.15, 0.2) is 0 Å². The highest BCUT2D eigenvalue weighted by molar-refractivity contribution is 5.54. The number of aromatic nitrogens is 3. The quantitative estimate of drug-likeness (QED) is 0.823. The minimum absolute atomic E-state index is 0.639. The standard InChI is InChI=1S/C11H12N4/c1-2-12-11-14-8-6-10(15-11)9-5-3-4-7-13-9/h3-8H,2H2,1H3,(H,12,14,15). The molecule has 2 heterocycles. The Labute approximate surface area is 88.4 Å². The van der Waals surface area contributed by atoms with Crippen molar-refractivity contribution in [2.75, 3.05) is 11.9 Å². The van der Waals surface area contributed by atoms with Crippen LogP contribution < -0.4 is 5.32 Å². The zero-order chi connectivity index (χ0) is 10.5. The molecule has 4 nitrogen and oxygen atoms in total. The summed E-state index contributed by atoms with van der Waals surface area (Å²) in [4.78, 5) is 12.7. The van der Waals surface area contributed by atoms with E-state index in [0.717, 1.165) is 17.9 Å². The zero-order valence-corrected chi connectivity index (χ0v) is 8.51. The van der Waals surface area contributed by atoms with Crippen LogP contribution in [-0.4, -0.2) is 21.5 Å². The molecular formula is C11H12N4. The van der Waals surface area contributed by atoms with E-state index in [-0.39, 0.29) is 0 Å². The van der Waals surface area contributed by atoms with Crippen molar-refractivity contribution >= 4 is 5.95 Å². The van der Waals surface area contributed by atoms with Crippen LogP contribution in [0, 0.1) is 0 Å². The van der Waals surface area contributed by atoms with E-state index in [0.29, 0.717) is 5.95 Å². The fourth-order valence-electron chi connectivity index (χ4n) is 1.26. The highest BCUT2D eigenvalue weighted by atomic mass is 15.1. The summed E-state index contributed by atoms with van der Waals surface area (Å²) in [6, 6.07) is 7.61. The number of anilines is 1. The number of nitrogens with zero attached hydrogens (tertiary/aromatic N) is 3. The number of nitrogens with one attached hydrogen (secondary N) is 1. The van der Waals surface area contributed by atoms with Crippen LogP contribution in [0.2, 0.25) is 0 Å². The molecule has 0 radical (unpaired) electrons. The van der Waals surface area contributed by atoms with E-state index in [1.54, 1.807) is 12.4 Å². The van der Waals surface area contributed by atoms with Gasteiger partial charge in [-0.15, -0.1) is 0 Å². The molecule has 1 N–H and O–H groups in total. The van der Waals surface area contributed by atoms with Crippen molar-refractivity contribution in [3.05, 3.63) is 36.7 Å². The van der Waals surface area contributed by atoms with Crippen molar-refractivity contribution in [1.29, 1.82) is 0 Å². The van der Waals surface area contributed by atoms with Gasteiger partial charge in [-0.3, -0.25) is 4.98 Å². The van der Waals surface area contributed by atoms with Gasteiger partial charge in [-0.1, -0.05) is 6.07 Å². The summed E-state index contributed by atoms with van der Waals surface area (Å²) in [5.74, 6) is 0.639. The van der Waals surface area contributed by atoms with Gasteiger partial charge in [0.1, 0.15) is 0 Å². The molecule has 2 rings (SSSR count). The Bertz CT molecular complexity index is 428. The molecule has 0 spiro atoms. The summed E-state index contributed by atoms with van der Waals surface area (Å²) >= 11 is 0. The topological polar surface area (TPSA) is 50.7 Å². The first kappa shape index (κ1) is 9.58. The monoisotopic (exact) mass is 200 g/mol. The van der Waals surface area contributed by atoms with Gasteiger partial charge in [-0.25, -0.2) is 9.97 Å². The van der Waals surface area contributed by atoms with Crippen LogP contribution in [-0.2, 0) is 0 Å². The van der Waals surface area contributed by atoms with Crippen LogP contribution in [0.25, 0.3) is 11.4 Å². The number of rotatable bonds is 3. The molecule has 0 atom stereocenters. The molecule has 0 saturated carbocycles. The maximum Gasteiger partial charge on any atom is 0.223 e. The Balaban J connectivity index is 2.33. The number of hydrogen-bond donors (Lipinski definition) is 1. The fourth-order valence-corrected chi connectivity index (χ4v) is 1.26. The smallest absolute Gasteiger partial charge is 0.223 e. The second-order valence-corrected chi connectivity index (χ2v) is 3.01. The van der Waals surface area contributed by atoms with Crippen LogP contribution in [0.15, 0.2) is 36.7 Å². The number of pyridine rings is 1. The molecule has 15 heavy (non-hydrogen) atoms. The molecule has 76 valence electrons. The van der Waals surface area contributed by atoms with Gasteiger partial charge in [-0.2, -0.15) is 0 Å². The van der Waals surface area contributed by atoms with E-state index >= 15 is 0 Å². The largest absolute Gasteiger partial charge is 0.354 e. The minimum Gasteiger partial charge on any atom is -0.354 e. The van der Waals surface area contributed by atoms with Gasteiger partial charge in [0, 0.05) is 18.9 Å². The van der Waals surface area contributed by atoms with Crippen molar-refractivity contribution < 1.29 is 0 Å². The normalized spacial score (nSPS) is 9.93. The third-order valence-electron chi connectivity index (χ3n) is 1.92. The average molecular weight is 200 g/mol. The van der Waals surface area contributed by atoms with Crippen LogP contribution >= 0.6 is 0 Å². The van der Waals surface area contributed by atoms with Gasteiger partial charge in [0.05, 0.1) is 11.4 Å². The Kier molecular flexibility index (Phi) is 2.88. The minimum atomic E-state index is 0.639. The van der Waals surface area contributed by atoms with Gasteiger partial charge < -0.3 is 5.32 Å². The molecule has 2 aromatic heterocycles. The van der Waals surface area contributed by atoms with E-state index in [4.69, 9.17) is 0 Å². The van der Waals surface area contributed by atoms with E-state index in [1.807, 2.05) is 31.2 Å². The molecule has 0 amide bonds. The van der Waals surface area contributed by atoms with Gasteiger partial charge >= 0.3 is 0 Å². The first-order valence-corrected chi connectivity index (χ1v) is 4.88. The van der Waals surface area contributed by atoms with E-state index in [2.05, 4.69) is 20.3 Å². The molecule has 0 saturated heterocycles. The van der Waals surface area contributed by atoms with Crippen molar-refractivity contribution in [1.82, 2.24) is 15.0 Å². The third-order valence-corrected chi connectivity index (χ3v) is 1.92. The second kappa shape index (κ2) is 4.50. The summed E-state index contributed by atoms with van der Waals surface area (Å²) in [5, 5.41) is 3.07. The fraction of sp³-hybridized carbons (Fsp3) is 0.182. The molecule has 0 aliphatic rings. The second-order valence-electron chi connectivity index (χ2n) is 3.01. The van der Waals surface area contributed by atoms with Gasteiger partial charge in [0.25, 0.3) is 0 Å². The van der Waals surface area contributed by atoms with Crippen molar-refractivity contribution in [3.8, 4) is 11.4 Å². The molecule has 4 heteroatoms.